The van der Waals surface area contributed by atoms with Crippen LogP contribution in [-0.4, -0.2) is 33.2 Å². The molecule has 0 saturated carbocycles. The Morgan fingerprint density at radius 2 is 2.04 bits per heavy atom. The summed E-state index contributed by atoms with van der Waals surface area (Å²) < 4.78 is 1.96. The van der Waals surface area contributed by atoms with E-state index in [2.05, 4.69) is 9.98 Å². The van der Waals surface area contributed by atoms with Crippen LogP contribution in [0.5, 0.6) is 0 Å². The van der Waals surface area contributed by atoms with Crippen molar-refractivity contribution in [3.05, 3.63) is 59.5 Å². The minimum absolute atomic E-state index is 0.0686. The maximum Gasteiger partial charge on any atom is 0.231 e. The highest BCUT2D eigenvalue weighted by molar-refractivity contribution is 6.30. The van der Waals surface area contributed by atoms with Gasteiger partial charge in [0.1, 0.15) is 11.2 Å². The molecule has 0 fully saturated rings. The summed E-state index contributed by atoms with van der Waals surface area (Å²) in [6.45, 7) is 1.90. The lowest BCUT2D eigenvalue weighted by Crippen LogP contribution is -2.47. The molecule has 0 bridgehead atoms. The van der Waals surface area contributed by atoms with Crippen LogP contribution in [-0.2, 0) is 10.3 Å². The summed E-state index contributed by atoms with van der Waals surface area (Å²) >= 11 is 6.12. The van der Waals surface area contributed by atoms with E-state index in [1.54, 1.807) is 13.2 Å². The molecule has 1 aromatic carbocycles. The van der Waals surface area contributed by atoms with Crippen LogP contribution < -0.4 is 5.73 Å². The molecular weight excluding hydrogens is 350 g/mol. The van der Waals surface area contributed by atoms with Gasteiger partial charge in [-0.05, 0) is 42.3 Å². The third-order valence-electron chi connectivity index (χ3n) is 4.79. The fraction of sp³-hybridized carbons (Fsp3) is 0.211. The van der Waals surface area contributed by atoms with Crippen LogP contribution in [0.2, 0.25) is 5.02 Å². The second kappa shape index (κ2) is 5.85. The van der Waals surface area contributed by atoms with Crippen molar-refractivity contribution in [1.82, 2.24) is 14.3 Å². The molecule has 0 saturated heterocycles. The standard InChI is InChI=1S/C19H18ClN5O/c1-19(9-17(26)24(2)18(21)23-19)15-10-22-16-7-6-13(11-25(15)16)12-4-3-5-14(20)8-12/h3-8,10-11H,9H2,1-2H3,(H2,21,23)/t19-/m0/s1. The number of carbonyl (C=O) groups excluding carboxylic acids is 1. The number of aromatic nitrogens is 2. The summed E-state index contributed by atoms with van der Waals surface area (Å²) in [5, 5.41) is 0.679. The van der Waals surface area contributed by atoms with Gasteiger partial charge in [-0.2, -0.15) is 0 Å². The number of nitrogens with zero attached hydrogens (tertiary/aromatic N) is 4. The number of halogens is 1. The van der Waals surface area contributed by atoms with E-state index in [-0.39, 0.29) is 18.3 Å². The maximum atomic E-state index is 12.3. The Bertz CT molecular complexity index is 1060. The van der Waals surface area contributed by atoms with Crippen molar-refractivity contribution in [3.8, 4) is 11.1 Å². The Kier molecular flexibility index (Phi) is 3.73. The highest BCUT2D eigenvalue weighted by Crippen LogP contribution is 2.34. The van der Waals surface area contributed by atoms with Crippen LogP contribution in [0.1, 0.15) is 19.0 Å². The SMILES string of the molecule is CN1C(=O)C[C@@](C)(c2cnc3ccc(-c4cccc(Cl)c4)cn23)N=C1N. The van der Waals surface area contributed by atoms with E-state index in [0.29, 0.717) is 5.02 Å². The summed E-state index contributed by atoms with van der Waals surface area (Å²) in [4.78, 5) is 22.7. The maximum absolute atomic E-state index is 12.3. The lowest BCUT2D eigenvalue weighted by molar-refractivity contribution is -0.128. The van der Waals surface area contributed by atoms with Gasteiger partial charge in [-0.3, -0.25) is 9.69 Å². The molecule has 3 heterocycles. The second-order valence-corrected chi connectivity index (χ2v) is 7.11. The summed E-state index contributed by atoms with van der Waals surface area (Å²) in [7, 11) is 1.63. The van der Waals surface area contributed by atoms with E-state index >= 15 is 0 Å². The summed E-state index contributed by atoms with van der Waals surface area (Å²) in [5.41, 5.74) is 8.79. The molecular formula is C19H18ClN5O. The van der Waals surface area contributed by atoms with Gasteiger partial charge >= 0.3 is 0 Å². The fourth-order valence-electron chi connectivity index (χ4n) is 3.27. The largest absolute Gasteiger partial charge is 0.369 e. The van der Waals surface area contributed by atoms with Crippen LogP contribution >= 0.6 is 11.6 Å². The number of nitrogens with two attached hydrogens (primary N) is 1. The highest BCUT2D eigenvalue weighted by atomic mass is 35.5. The molecule has 0 aliphatic carbocycles. The van der Waals surface area contributed by atoms with Gasteiger partial charge in [0.15, 0.2) is 5.96 Å². The van der Waals surface area contributed by atoms with Gasteiger partial charge in [-0.25, -0.2) is 9.98 Å². The van der Waals surface area contributed by atoms with Gasteiger partial charge < -0.3 is 10.1 Å². The molecule has 6 nitrogen and oxygen atoms in total. The number of aliphatic imine (C=N–C) groups is 1. The fourth-order valence-corrected chi connectivity index (χ4v) is 3.46. The third-order valence-corrected chi connectivity index (χ3v) is 5.02. The predicted octanol–water partition coefficient (Wildman–Crippen LogP) is 3.05. The average Bonchev–Trinajstić information content (AvgIpc) is 3.03. The Balaban J connectivity index is 1.87. The Hall–Kier alpha value is -2.86. The third kappa shape index (κ3) is 2.63. The molecule has 2 N–H and O–H groups in total. The first-order valence-electron chi connectivity index (χ1n) is 8.23. The number of hydrogen-bond acceptors (Lipinski definition) is 4. The van der Waals surface area contributed by atoms with Gasteiger partial charge in [0, 0.05) is 18.3 Å². The van der Waals surface area contributed by atoms with Gasteiger partial charge in [-0.15, -0.1) is 0 Å². The Morgan fingerprint density at radius 3 is 2.77 bits per heavy atom. The first-order chi connectivity index (χ1) is 12.4. The van der Waals surface area contributed by atoms with Crippen molar-refractivity contribution in [2.45, 2.75) is 18.9 Å². The van der Waals surface area contributed by atoms with Gasteiger partial charge in [-0.1, -0.05) is 23.7 Å². The molecule has 3 aromatic rings. The number of carbonyl (C=O) groups is 1. The van der Waals surface area contributed by atoms with Crippen molar-refractivity contribution < 1.29 is 4.79 Å². The lowest BCUT2D eigenvalue weighted by atomic mass is 9.92. The minimum atomic E-state index is -0.764. The zero-order valence-electron chi connectivity index (χ0n) is 14.5. The minimum Gasteiger partial charge on any atom is -0.369 e. The van der Waals surface area contributed by atoms with E-state index < -0.39 is 5.54 Å². The number of guanidine groups is 1. The first-order valence-corrected chi connectivity index (χ1v) is 8.61. The summed E-state index contributed by atoms with van der Waals surface area (Å²) in [6.07, 6.45) is 3.98. The van der Waals surface area contributed by atoms with Crippen molar-refractivity contribution in [3.63, 3.8) is 0 Å². The molecule has 4 rings (SSSR count). The smallest absolute Gasteiger partial charge is 0.231 e. The molecule has 1 aliphatic rings. The van der Waals surface area contributed by atoms with E-state index in [0.717, 1.165) is 22.5 Å². The van der Waals surface area contributed by atoms with Gasteiger partial charge in [0.2, 0.25) is 5.91 Å². The topological polar surface area (TPSA) is 76.0 Å². The molecule has 0 radical (unpaired) electrons. The van der Waals surface area contributed by atoms with Crippen LogP contribution in [0.25, 0.3) is 16.8 Å². The highest BCUT2D eigenvalue weighted by Gasteiger charge is 2.38. The van der Waals surface area contributed by atoms with Crippen molar-refractivity contribution >= 4 is 29.1 Å². The van der Waals surface area contributed by atoms with E-state index in [1.807, 2.05) is 53.9 Å². The van der Waals surface area contributed by atoms with E-state index in [9.17, 15) is 4.79 Å². The van der Waals surface area contributed by atoms with E-state index in [4.69, 9.17) is 17.3 Å². The number of amides is 1. The number of rotatable bonds is 2. The molecule has 1 atom stereocenters. The van der Waals surface area contributed by atoms with Gasteiger partial charge in [0.05, 0.1) is 18.3 Å². The second-order valence-electron chi connectivity index (χ2n) is 6.67. The van der Waals surface area contributed by atoms with Crippen molar-refractivity contribution in [2.24, 2.45) is 10.7 Å². The molecule has 132 valence electrons. The zero-order valence-corrected chi connectivity index (χ0v) is 15.2. The van der Waals surface area contributed by atoms with E-state index in [1.165, 1.54) is 4.90 Å². The number of hydrogen-bond donors (Lipinski definition) is 1. The van der Waals surface area contributed by atoms with Gasteiger partial charge in [0.25, 0.3) is 0 Å². The summed E-state index contributed by atoms with van der Waals surface area (Å²) in [6, 6.07) is 11.6. The zero-order chi connectivity index (χ0) is 18.5. The number of pyridine rings is 1. The average molecular weight is 368 g/mol. The molecule has 1 amide bonds. The monoisotopic (exact) mass is 367 g/mol. The number of benzene rings is 1. The Labute approximate surface area is 155 Å². The van der Waals surface area contributed by atoms with Crippen molar-refractivity contribution in [2.75, 3.05) is 7.05 Å². The van der Waals surface area contributed by atoms with Crippen LogP contribution in [0.4, 0.5) is 0 Å². The molecule has 7 heteroatoms. The molecule has 0 unspecified atom stereocenters. The normalized spacial score (nSPS) is 20.5. The predicted molar refractivity (Wildman–Crippen MR) is 102 cm³/mol. The number of fused-ring (bicyclic) bond motifs is 1. The lowest BCUT2D eigenvalue weighted by Gasteiger charge is -2.32. The van der Waals surface area contributed by atoms with Crippen molar-refractivity contribution in [1.29, 1.82) is 0 Å². The molecule has 26 heavy (non-hydrogen) atoms. The number of imidazole rings is 1. The Morgan fingerprint density at radius 1 is 1.23 bits per heavy atom. The van der Waals surface area contributed by atoms with Crippen LogP contribution in [0.15, 0.2) is 53.8 Å². The molecule has 0 spiro atoms. The van der Waals surface area contributed by atoms with Crippen LogP contribution in [0, 0.1) is 0 Å². The quantitative estimate of drug-likeness (QED) is 0.756. The van der Waals surface area contributed by atoms with Crippen LogP contribution in [0.3, 0.4) is 0 Å². The molecule has 2 aromatic heterocycles. The molecule has 1 aliphatic heterocycles. The first kappa shape index (κ1) is 16.6. The summed E-state index contributed by atoms with van der Waals surface area (Å²) in [5.74, 6) is 0.144.